The molecular formula is C18H16ClN5S2. The van der Waals surface area contributed by atoms with Crippen LogP contribution >= 0.6 is 34.7 Å². The molecule has 132 valence electrons. The van der Waals surface area contributed by atoms with Crippen LogP contribution in [0.3, 0.4) is 0 Å². The topological polar surface area (TPSA) is 69.1 Å². The molecule has 0 aliphatic carbocycles. The van der Waals surface area contributed by atoms with Crippen molar-refractivity contribution in [2.45, 2.75) is 22.6 Å². The number of fused-ring (bicyclic) bond motifs is 1. The van der Waals surface area contributed by atoms with E-state index in [1.165, 1.54) is 22.5 Å². The lowest BCUT2D eigenvalue weighted by Crippen LogP contribution is -2.17. The van der Waals surface area contributed by atoms with Crippen LogP contribution < -0.4 is 5.73 Å². The van der Waals surface area contributed by atoms with Crippen molar-refractivity contribution in [3.8, 4) is 0 Å². The summed E-state index contributed by atoms with van der Waals surface area (Å²) in [5.41, 5.74) is 8.72. The zero-order chi connectivity index (χ0) is 17.9. The van der Waals surface area contributed by atoms with E-state index in [-0.39, 0.29) is 6.04 Å². The summed E-state index contributed by atoms with van der Waals surface area (Å²) in [6.07, 6.45) is 0.701. The van der Waals surface area contributed by atoms with Crippen molar-refractivity contribution in [2.24, 2.45) is 5.73 Å². The Hall–Kier alpha value is -1.93. The van der Waals surface area contributed by atoms with Gasteiger partial charge in [-0.05, 0) is 29.7 Å². The lowest BCUT2D eigenvalue weighted by atomic mass is 10.1. The first-order valence-electron chi connectivity index (χ1n) is 8.08. The maximum absolute atomic E-state index is 6.35. The molecule has 4 aromatic rings. The van der Waals surface area contributed by atoms with E-state index in [1.54, 1.807) is 16.3 Å². The summed E-state index contributed by atoms with van der Waals surface area (Å²) >= 11 is 9.12. The fourth-order valence-electron chi connectivity index (χ4n) is 2.59. The SMILES string of the molecule is NC(Cc1ccccc1)c1nnc2sc(SCc3ccc(Cl)cc3)nn12. The van der Waals surface area contributed by atoms with Gasteiger partial charge in [-0.25, -0.2) is 0 Å². The molecule has 2 N–H and O–H groups in total. The van der Waals surface area contributed by atoms with Gasteiger partial charge in [0.2, 0.25) is 4.96 Å². The van der Waals surface area contributed by atoms with Crippen LogP contribution in [0.4, 0.5) is 0 Å². The second-order valence-corrected chi connectivity index (χ2v) is 8.45. The van der Waals surface area contributed by atoms with Crippen molar-refractivity contribution in [3.05, 3.63) is 76.6 Å². The molecule has 0 aliphatic rings. The number of aromatic nitrogens is 4. The molecule has 4 rings (SSSR count). The van der Waals surface area contributed by atoms with Crippen molar-refractivity contribution >= 4 is 39.7 Å². The smallest absolute Gasteiger partial charge is 0.235 e. The highest BCUT2D eigenvalue weighted by Gasteiger charge is 2.18. The molecule has 0 bridgehead atoms. The van der Waals surface area contributed by atoms with Gasteiger partial charge >= 0.3 is 0 Å². The van der Waals surface area contributed by atoms with Crippen LogP contribution in [0.5, 0.6) is 0 Å². The van der Waals surface area contributed by atoms with Crippen LogP contribution in [0.15, 0.2) is 58.9 Å². The molecule has 0 spiro atoms. The Morgan fingerprint density at radius 2 is 1.81 bits per heavy atom. The Bertz CT molecular complexity index is 998. The van der Waals surface area contributed by atoms with Crippen LogP contribution in [0, 0.1) is 0 Å². The van der Waals surface area contributed by atoms with E-state index >= 15 is 0 Å². The molecule has 1 unspecified atom stereocenters. The largest absolute Gasteiger partial charge is 0.321 e. The number of thioether (sulfide) groups is 1. The van der Waals surface area contributed by atoms with Gasteiger partial charge in [-0.15, -0.1) is 15.3 Å². The summed E-state index contributed by atoms with van der Waals surface area (Å²) in [7, 11) is 0. The molecule has 1 atom stereocenters. The lowest BCUT2D eigenvalue weighted by Gasteiger charge is -2.08. The number of hydrogen-bond acceptors (Lipinski definition) is 6. The second kappa shape index (κ2) is 7.75. The van der Waals surface area contributed by atoms with Crippen molar-refractivity contribution in [1.82, 2.24) is 19.8 Å². The molecule has 0 saturated heterocycles. The molecule has 0 amide bonds. The molecule has 2 heterocycles. The van der Waals surface area contributed by atoms with Gasteiger partial charge in [-0.3, -0.25) is 0 Å². The van der Waals surface area contributed by atoms with Gasteiger partial charge in [0.1, 0.15) is 0 Å². The van der Waals surface area contributed by atoms with Gasteiger partial charge in [-0.1, -0.05) is 77.2 Å². The molecule has 0 aliphatic heterocycles. The fourth-order valence-corrected chi connectivity index (χ4v) is 4.55. The van der Waals surface area contributed by atoms with E-state index in [0.717, 1.165) is 20.1 Å². The fraction of sp³-hybridized carbons (Fsp3) is 0.167. The minimum absolute atomic E-state index is 0.247. The minimum atomic E-state index is -0.247. The highest BCUT2D eigenvalue weighted by molar-refractivity contribution is 8.00. The molecule has 2 aromatic carbocycles. The maximum Gasteiger partial charge on any atom is 0.235 e. The predicted octanol–water partition coefficient (Wildman–Crippen LogP) is 4.37. The summed E-state index contributed by atoms with van der Waals surface area (Å²) < 4.78 is 2.71. The van der Waals surface area contributed by atoms with E-state index in [4.69, 9.17) is 17.3 Å². The number of hydrogen-bond donors (Lipinski definition) is 1. The summed E-state index contributed by atoms with van der Waals surface area (Å²) in [6, 6.07) is 17.7. The molecule has 5 nitrogen and oxygen atoms in total. The molecule has 0 radical (unpaired) electrons. The monoisotopic (exact) mass is 401 g/mol. The van der Waals surface area contributed by atoms with Crippen LogP contribution in [-0.4, -0.2) is 19.8 Å². The van der Waals surface area contributed by atoms with Crippen molar-refractivity contribution < 1.29 is 0 Å². The van der Waals surface area contributed by atoms with Crippen LogP contribution in [0.25, 0.3) is 4.96 Å². The second-order valence-electron chi connectivity index (χ2n) is 5.83. The van der Waals surface area contributed by atoms with Gasteiger partial charge < -0.3 is 5.73 Å². The molecule has 0 fully saturated rings. The molecule has 0 saturated carbocycles. The Labute approximate surface area is 164 Å². The first-order valence-corrected chi connectivity index (χ1v) is 10.3. The molecule has 26 heavy (non-hydrogen) atoms. The summed E-state index contributed by atoms with van der Waals surface area (Å²) in [4.78, 5) is 0.766. The number of nitrogens with zero attached hydrogens (tertiary/aromatic N) is 4. The third-order valence-corrected chi connectivity index (χ3v) is 6.26. The van der Waals surface area contributed by atoms with Crippen molar-refractivity contribution in [3.63, 3.8) is 0 Å². The van der Waals surface area contributed by atoms with Crippen LogP contribution in [-0.2, 0) is 12.2 Å². The standard InChI is InChI=1S/C18H16ClN5S2/c19-14-8-6-13(7-9-14)11-25-18-23-24-16(21-22-17(24)26-18)15(20)10-12-4-2-1-3-5-12/h1-9,15H,10-11,20H2. The first-order chi connectivity index (χ1) is 12.7. The maximum atomic E-state index is 6.35. The third kappa shape index (κ3) is 3.91. The average Bonchev–Trinajstić information content (AvgIpc) is 3.22. The first kappa shape index (κ1) is 17.5. The lowest BCUT2D eigenvalue weighted by molar-refractivity contribution is 0.635. The molecular weight excluding hydrogens is 386 g/mol. The number of nitrogens with two attached hydrogens (primary N) is 1. The van der Waals surface area contributed by atoms with E-state index in [0.29, 0.717) is 12.2 Å². The van der Waals surface area contributed by atoms with Crippen molar-refractivity contribution in [1.29, 1.82) is 0 Å². The summed E-state index contributed by atoms with van der Waals surface area (Å²) in [5.74, 6) is 1.52. The summed E-state index contributed by atoms with van der Waals surface area (Å²) in [6.45, 7) is 0. The van der Waals surface area contributed by atoms with Crippen molar-refractivity contribution in [2.75, 3.05) is 0 Å². The van der Waals surface area contributed by atoms with E-state index in [1.807, 2.05) is 42.5 Å². The van der Waals surface area contributed by atoms with Gasteiger partial charge in [0.15, 0.2) is 10.2 Å². The number of benzene rings is 2. The minimum Gasteiger partial charge on any atom is -0.321 e. The predicted molar refractivity (Wildman–Crippen MR) is 107 cm³/mol. The van der Waals surface area contributed by atoms with Gasteiger partial charge in [-0.2, -0.15) is 4.52 Å². The Morgan fingerprint density at radius 3 is 2.58 bits per heavy atom. The van der Waals surface area contributed by atoms with E-state index < -0.39 is 0 Å². The zero-order valence-corrected chi connectivity index (χ0v) is 16.1. The highest BCUT2D eigenvalue weighted by Crippen LogP contribution is 2.29. The number of rotatable bonds is 6. The molecule has 8 heteroatoms. The average molecular weight is 402 g/mol. The Kier molecular flexibility index (Phi) is 5.21. The molecule has 2 aromatic heterocycles. The van der Waals surface area contributed by atoms with E-state index in [9.17, 15) is 0 Å². The van der Waals surface area contributed by atoms with E-state index in [2.05, 4.69) is 27.4 Å². The zero-order valence-electron chi connectivity index (χ0n) is 13.7. The third-order valence-electron chi connectivity index (χ3n) is 3.90. The van der Waals surface area contributed by atoms with Crippen LogP contribution in [0.1, 0.15) is 23.0 Å². The Morgan fingerprint density at radius 1 is 1.04 bits per heavy atom. The number of halogens is 1. The normalized spacial score (nSPS) is 12.5. The van der Waals surface area contributed by atoms with Gasteiger partial charge in [0.05, 0.1) is 6.04 Å². The Balaban J connectivity index is 1.48. The van der Waals surface area contributed by atoms with Gasteiger partial charge in [0, 0.05) is 10.8 Å². The van der Waals surface area contributed by atoms with Gasteiger partial charge in [0.25, 0.3) is 0 Å². The van der Waals surface area contributed by atoms with Crippen LogP contribution in [0.2, 0.25) is 5.02 Å². The quantitative estimate of drug-likeness (QED) is 0.486. The summed E-state index contributed by atoms with van der Waals surface area (Å²) in [5, 5.41) is 13.8. The highest BCUT2D eigenvalue weighted by atomic mass is 35.5.